The first-order chi connectivity index (χ1) is 12.5. The van der Waals surface area contributed by atoms with Gasteiger partial charge in [0.1, 0.15) is 6.54 Å². The Morgan fingerprint density at radius 1 is 0.923 bits per heavy atom. The zero-order chi connectivity index (χ0) is 19.3. The van der Waals surface area contributed by atoms with Gasteiger partial charge >= 0.3 is 5.97 Å². The molecule has 148 valence electrons. The highest BCUT2D eigenvalue weighted by atomic mass is 16.5. The van der Waals surface area contributed by atoms with Crippen LogP contribution >= 0.6 is 0 Å². The van der Waals surface area contributed by atoms with Crippen LogP contribution in [0.3, 0.4) is 0 Å². The third kappa shape index (κ3) is 8.84. The van der Waals surface area contributed by atoms with Gasteiger partial charge in [0.05, 0.1) is 20.7 Å². The number of carbonyl (C=O) groups is 1. The van der Waals surface area contributed by atoms with Crippen LogP contribution in [0.1, 0.15) is 77.2 Å². The molecule has 0 saturated carbocycles. The van der Waals surface area contributed by atoms with E-state index in [2.05, 4.69) is 45.3 Å². The minimum Gasteiger partial charge on any atom is -0.462 e. The number of likely N-dealkylation sites (N-methyl/N-ethyl adjacent to an activating group) is 1. The predicted molar refractivity (Wildman–Crippen MR) is 110 cm³/mol. The van der Waals surface area contributed by atoms with Crippen LogP contribution in [-0.2, 0) is 16.1 Å². The molecule has 0 spiro atoms. The van der Waals surface area contributed by atoms with Crippen molar-refractivity contribution in [3.05, 3.63) is 35.9 Å². The molecule has 1 aromatic rings. The maximum atomic E-state index is 12.6. The molecule has 1 rings (SSSR count). The molecule has 1 atom stereocenters. The highest BCUT2D eigenvalue weighted by Crippen LogP contribution is 2.21. The van der Waals surface area contributed by atoms with Gasteiger partial charge in [-0.05, 0) is 13.3 Å². The fourth-order valence-electron chi connectivity index (χ4n) is 3.63. The molecule has 0 aliphatic carbocycles. The summed E-state index contributed by atoms with van der Waals surface area (Å²) in [5.41, 5.74) is 1.27. The second-order valence-electron chi connectivity index (χ2n) is 7.95. The smallest absolute Gasteiger partial charge is 0.364 e. The summed E-state index contributed by atoms with van der Waals surface area (Å²) in [5, 5.41) is 0. The first-order valence-corrected chi connectivity index (χ1v) is 10.5. The lowest BCUT2D eigenvalue weighted by Crippen LogP contribution is -2.52. The van der Waals surface area contributed by atoms with Crippen LogP contribution in [0.2, 0.25) is 0 Å². The van der Waals surface area contributed by atoms with E-state index in [-0.39, 0.29) is 12.0 Å². The van der Waals surface area contributed by atoms with Gasteiger partial charge in [0.15, 0.2) is 6.04 Å². The molecular weight excluding hydrogens is 322 g/mol. The van der Waals surface area contributed by atoms with Gasteiger partial charge in [-0.3, -0.25) is 0 Å². The van der Waals surface area contributed by atoms with Gasteiger partial charge in [0, 0.05) is 12.0 Å². The van der Waals surface area contributed by atoms with E-state index in [0.29, 0.717) is 11.1 Å². The van der Waals surface area contributed by atoms with E-state index < -0.39 is 0 Å². The molecule has 0 aliphatic rings. The van der Waals surface area contributed by atoms with E-state index in [1.54, 1.807) is 0 Å². The molecule has 0 heterocycles. The zero-order valence-electron chi connectivity index (χ0n) is 17.5. The standard InChI is InChI=1S/C23H40NO2/c1-5-7-8-9-10-11-12-16-19-22(23(25)26-6-2)24(3,4)20-21-17-14-13-15-18-21/h13-15,17-18,22H,5-12,16,19-20H2,1-4H3/q+1/t22-/m0/s1. The van der Waals surface area contributed by atoms with Crippen LogP contribution in [0.4, 0.5) is 0 Å². The third-order valence-corrected chi connectivity index (χ3v) is 5.17. The highest BCUT2D eigenvalue weighted by molar-refractivity contribution is 5.74. The van der Waals surface area contributed by atoms with Crippen molar-refractivity contribution in [2.75, 3.05) is 20.7 Å². The van der Waals surface area contributed by atoms with E-state index in [4.69, 9.17) is 4.74 Å². The quantitative estimate of drug-likeness (QED) is 0.240. The summed E-state index contributed by atoms with van der Waals surface area (Å²) in [6, 6.07) is 10.3. The number of nitrogens with zero attached hydrogens (tertiary/aromatic N) is 1. The van der Waals surface area contributed by atoms with Crippen LogP contribution in [0.15, 0.2) is 30.3 Å². The second-order valence-corrected chi connectivity index (χ2v) is 7.95. The molecule has 0 saturated heterocycles. The highest BCUT2D eigenvalue weighted by Gasteiger charge is 2.35. The minimum absolute atomic E-state index is 0.0450. The molecule has 3 heteroatoms. The van der Waals surface area contributed by atoms with E-state index in [1.165, 1.54) is 50.5 Å². The Labute approximate surface area is 161 Å². The van der Waals surface area contributed by atoms with Crippen molar-refractivity contribution >= 4 is 5.97 Å². The summed E-state index contributed by atoms with van der Waals surface area (Å²) in [5.74, 6) is -0.0450. The summed E-state index contributed by atoms with van der Waals surface area (Å²) in [6.07, 6.45) is 11.2. The predicted octanol–water partition coefficient (Wildman–Crippen LogP) is 5.73. The summed E-state index contributed by atoms with van der Waals surface area (Å²) in [4.78, 5) is 12.6. The lowest BCUT2D eigenvalue weighted by molar-refractivity contribution is -0.920. The Morgan fingerprint density at radius 2 is 1.50 bits per heavy atom. The summed E-state index contributed by atoms with van der Waals surface area (Å²) in [7, 11) is 4.30. The monoisotopic (exact) mass is 362 g/mol. The van der Waals surface area contributed by atoms with Crippen LogP contribution in [-0.4, -0.2) is 37.2 Å². The number of quaternary nitrogens is 1. The number of rotatable bonds is 14. The zero-order valence-corrected chi connectivity index (χ0v) is 17.5. The van der Waals surface area contributed by atoms with E-state index >= 15 is 0 Å². The van der Waals surface area contributed by atoms with Gasteiger partial charge in [-0.2, -0.15) is 0 Å². The number of ether oxygens (including phenoxy) is 1. The third-order valence-electron chi connectivity index (χ3n) is 5.17. The Bertz CT molecular complexity index is 484. The average Bonchev–Trinajstić information content (AvgIpc) is 2.60. The first kappa shape index (κ1) is 22.7. The Morgan fingerprint density at radius 3 is 2.08 bits per heavy atom. The largest absolute Gasteiger partial charge is 0.462 e. The van der Waals surface area contributed by atoms with E-state index in [1.807, 2.05) is 13.0 Å². The van der Waals surface area contributed by atoms with Crippen LogP contribution in [0.5, 0.6) is 0 Å². The fraction of sp³-hybridized carbons (Fsp3) is 0.696. The van der Waals surface area contributed by atoms with Gasteiger partial charge in [0.25, 0.3) is 0 Å². The lowest BCUT2D eigenvalue weighted by Gasteiger charge is -2.36. The molecular formula is C23H40NO2+. The topological polar surface area (TPSA) is 26.3 Å². The van der Waals surface area contributed by atoms with Crippen molar-refractivity contribution < 1.29 is 14.0 Å². The minimum atomic E-state index is -0.0877. The summed E-state index contributed by atoms with van der Waals surface area (Å²) in [6.45, 7) is 5.45. The van der Waals surface area contributed by atoms with Gasteiger partial charge in [-0.1, -0.05) is 82.2 Å². The molecule has 0 N–H and O–H groups in total. The van der Waals surface area contributed by atoms with Crippen molar-refractivity contribution in [2.24, 2.45) is 0 Å². The normalized spacial score (nSPS) is 12.8. The van der Waals surface area contributed by atoms with E-state index in [9.17, 15) is 4.79 Å². The maximum absolute atomic E-state index is 12.6. The number of hydrogen-bond donors (Lipinski definition) is 0. The van der Waals surface area contributed by atoms with E-state index in [0.717, 1.165) is 19.4 Å². The first-order valence-electron chi connectivity index (χ1n) is 10.5. The number of unbranched alkanes of at least 4 members (excludes halogenated alkanes) is 7. The number of hydrogen-bond acceptors (Lipinski definition) is 2. The molecule has 0 amide bonds. The molecule has 0 aromatic heterocycles. The van der Waals surface area contributed by atoms with Gasteiger partial charge in [-0.15, -0.1) is 0 Å². The molecule has 0 unspecified atom stereocenters. The lowest BCUT2D eigenvalue weighted by atomic mass is 10.0. The van der Waals surface area contributed by atoms with Crippen molar-refractivity contribution in [2.45, 2.75) is 84.2 Å². The van der Waals surface area contributed by atoms with Crippen LogP contribution in [0.25, 0.3) is 0 Å². The van der Waals surface area contributed by atoms with Crippen molar-refractivity contribution in [1.82, 2.24) is 0 Å². The van der Waals surface area contributed by atoms with Crippen LogP contribution in [0, 0.1) is 0 Å². The molecule has 26 heavy (non-hydrogen) atoms. The number of carbonyl (C=O) groups excluding carboxylic acids is 1. The molecule has 1 aromatic carbocycles. The fourth-order valence-corrected chi connectivity index (χ4v) is 3.63. The summed E-state index contributed by atoms with van der Waals surface area (Å²) < 4.78 is 6.05. The number of esters is 1. The Hall–Kier alpha value is -1.35. The van der Waals surface area contributed by atoms with Crippen molar-refractivity contribution in [1.29, 1.82) is 0 Å². The molecule has 3 nitrogen and oxygen atoms in total. The van der Waals surface area contributed by atoms with Gasteiger partial charge < -0.3 is 9.22 Å². The SMILES string of the molecule is CCCCCCCCCC[C@@H](C(=O)OCC)[N+](C)(C)Cc1ccccc1. The molecule has 0 radical (unpaired) electrons. The Kier molecular flexibility index (Phi) is 11.3. The molecule has 0 fully saturated rings. The number of benzene rings is 1. The summed E-state index contributed by atoms with van der Waals surface area (Å²) >= 11 is 0. The molecule has 0 aliphatic heterocycles. The van der Waals surface area contributed by atoms with Gasteiger partial charge in [-0.25, -0.2) is 4.79 Å². The Balaban J connectivity index is 2.51. The van der Waals surface area contributed by atoms with Crippen molar-refractivity contribution in [3.63, 3.8) is 0 Å². The van der Waals surface area contributed by atoms with Gasteiger partial charge in [0.2, 0.25) is 0 Å². The maximum Gasteiger partial charge on any atom is 0.364 e. The average molecular weight is 363 g/mol. The second kappa shape index (κ2) is 12.9. The molecule has 0 bridgehead atoms. The van der Waals surface area contributed by atoms with Crippen LogP contribution < -0.4 is 0 Å². The van der Waals surface area contributed by atoms with Crippen molar-refractivity contribution in [3.8, 4) is 0 Å².